The van der Waals surface area contributed by atoms with Gasteiger partial charge in [0.25, 0.3) is 0 Å². The Balaban J connectivity index is 1.49. The van der Waals surface area contributed by atoms with Crippen molar-refractivity contribution in [2.75, 3.05) is 11.9 Å². The molecule has 0 aliphatic carbocycles. The Labute approximate surface area is 165 Å². The molecule has 9 heteroatoms. The fourth-order valence-corrected chi connectivity index (χ4v) is 4.21. The molecule has 28 heavy (non-hydrogen) atoms. The number of anilines is 1. The highest BCUT2D eigenvalue weighted by atomic mass is 32.1. The molecule has 1 spiro atoms. The molecule has 1 N–H and O–H groups in total. The summed E-state index contributed by atoms with van der Waals surface area (Å²) < 4.78 is 6.22. The van der Waals surface area contributed by atoms with Crippen molar-refractivity contribution >= 4 is 34.1 Å². The van der Waals surface area contributed by atoms with Gasteiger partial charge in [-0.1, -0.05) is 23.5 Å². The predicted octanol–water partition coefficient (Wildman–Crippen LogP) is 2.28. The third-order valence-corrected chi connectivity index (χ3v) is 5.96. The van der Waals surface area contributed by atoms with E-state index in [-0.39, 0.29) is 30.4 Å². The Morgan fingerprint density at radius 1 is 1.32 bits per heavy atom. The second kappa shape index (κ2) is 7.31. The minimum Gasteiger partial charge on any atom is -0.486 e. The summed E-state index contributed by atoms with van der Waals surface area (Å²) in [5.41, 5.74) is 1.41. The van der Waals surface area contributed by atoms with Crippen molar-refractivity contribution in [3.05, 3.63) is 35.3 Å². The Morgan fingerprint density at radius 2 is 2.14 bits per heavy atom. The number of fused-ring (bicyclic) bond motifs is 1. The summed E-state index contributed by atoms with van der Waals surface area (Å²) in [7, 11) is 0. The lowest BCUT2D eigenvalue weighted by Crippen LogP contribution is -2.46. The molecular weight excluding hydrogens is 380 g/mol. The number of benzene rings is 1. The number of ether oxygens (including phenoxy) is 1. The van der Waals surface area contributed by atoms with Gasteiger partial charge >= 0.3 is 0 Å². The van der Waals surface area contributed by atoms with Gasteiger partial charge in [-0.2, -0.15) is 0 Å². The van der Waals surface area contributed by atoms with Gasteiger partial charge in [0, 0.05) is 19.4 Å². The molecule has 4 rings (SSSR count). The van der Waals surface area contributed by atoms with Crippen LogP contribution in [0.4, 0.5) is 5.13 Å². The minimum absolute atomic E-state index is 0.0322. The molecule has 8 nitrogen and oxygen atoms in total. The van der Waals surface area contributed by atoms with Crippen LogP contribution in [-0.4, -0.2) is 50.9 Å². The number of carbonyl (C=O) groups excluding carboxylic acids is 3. The van der Waals surface area contributed by atoms with Crippen LogP contribution in [-0.2, 0) is 9.59 Å². The maximum absolute atomic E-state index is 12.7. The summed E-state index contributed by atoms with van der Waals surface area (Å²) in [6.45, 7) is 2.04. The number of aromatic nitrogens is 2. The monoisotopic (exact) mass is 400 g/mol. The van der Waals surface area contributed by atoms with E-state index in [1.165, 1.54) is 16.8 Å². The Bertz CT molecular complexity index is 916. The third-order valence-electron chi connectivity index (χ3n) is 5.36. The first-order valence-corrected chi connectivity index (χ1v) is 10.0. The van der Waals surface area contributed by atoms with Gasteiger partial charge in [0.2, 0.25) is 16.9 Å². The quantitative estimate of drug-likeness (QED) is 0.848. The van der Waals surface area contributed by atoms with Crippen LogP contribution in [0.3, 0.4) is 0 Å². The Morgan fingerprint density at radius 3 is 2.93 bits per heavy atom. The van der Waals surface area contributed by atoms with E-state index in [2.05, 4.69) is 15.5 Å². The first-order chi connectivity index (χ1) is 13.5. The fraction of sp³-hybridized carbons (Fsp3) is 0.421. The molecular formula is C19H20N4O4S. The van der Waals surface area contributed by atoms with Crippen molar-refractivity contribution in [1.82, 2.24) is 15.1 Å². The molecule has 0 bridgehead atoms. The maximum Gasteiger partial charge on any atom is 0.248 e. The van der Waals surface area contributed by atoms with Crippen LogP contribution in [0.5, 0.6) is 5.75 Å². The SMILES string of the molecule is C[C@H](C(=O)Nc1nncs1)N1CC[C@]2(CCC1=O)CC(=O)c1ccccc1O2. The number of nitrogens with one attached hydrogen (secondary N) is 1. The average Bonchev–Trinajstić information content (AvgIpc) is 3.14. The molecule has 146 valence electrons. The van der Waals surface area contributed by atoms with E-state index < -0.39 is 11.6 Å². The number of hydrogen-bond acceptors (Lipinski definition) is 7. The highest BCUT2D eigenvalue weighted by Crippen LogP contribution is 2.39. The van der Waals surface area contributed by atoms with Crippen LogP contribution in [0.25, 0.3) is 0 Å². The standard InChI is InChI=1S/C19H20N4O4S/c1-12(17(26)21-18-22-20-11-28-18)23-9-8-19(7-6-16(23)25)10-14(24)13-4-2-3-5-15(13)27-19/h2-5,11-12H,6-10H2,1H3,(H,21,22,26)/t12-,19-/m1/s1. The summed E-state index contributed by atoms with van der Waals surface area (Å²) in [6, 6.07) is 6.54. The Kier molecular flexibility index (Phi) is 4.84. The predicted molar refractivity (Wildman–Crippen MR) is 102 cm³/mol. The van der Waals surface area contributed by atoms with Crippen LogP contribution in [0.1, 0.15) is 43.0 Å². The van der Waals surface area contributed by atoms with Gasteiger partial charge in [-0.25, -0.2) is 0 Å². The highest BCUT2D eigenvalue weighted by molar-refractivity contribution is 7.13. The van der Waals surface area contributed by atoms with Crippen LogP contribution < -0.4 is 10.1 Å². The van der Waals surface area contributed by atoms with Gasteiger partial charge in [-0.3, -0.25) is 19.7 Å². The van der Waals surface area contributed by atoms with Gasteiger partial charge in [0.1, 0.15) is 22.9 Å². The first-order valence-electron chi connectivity index (χ1n) is 9.15. The van der Waals surface area contributed by atoms with Gasteiger partial charge in [0.15, 0.2) is 5.78 Å². The number of carbonyl (C=O) groups is 3. The molecule has 1 saturated heterocycles. The number of Topliss-reactive ketones (excluding diaryl/α,β-unsaturated/α-hetero) is 1. The number of para-hydroxylation sites is 1. The van der Waals surface area contributed by atoms with Crippen molar-refractivity contribution in [1.29, 1.82) is 0 Å². The first kappa shape index (κ1) is 18.5. The smallest absolute Gasteiger partial charge is 0.248 e. The topological polar surface area (TPSA) is 101 Å². The summed E-state index contributed by atoms with van der Waals surface area (Å²) in [4.78, 5) is 39.3. The lowest BCUT2D eigenvalue weighted by atomic mass is 9.84. The van der Waals surface area contributed by atoms with Gasteiger partial charge in [-0.15, -0.1) is 10.2 Å². The normalized spacial score (nSPS) is 23.0. The summed E-state index contributed by atoms with van der Waals surface area (Å²) >= 11 is 1.22. The lowest BCUT2D eigenvalue weighted by Gasteiger charge is -2.37. The molecule has 2 aromatic rings. The van der Waals surface area contributed by atoms with Gasteiger partial charge < -0.3 is 9.64 Å². The number of rotatable bonds is 3. The van der Waals surface area contributed by atoms with Crippen molar-refractivity contribution in [2.45, 2.75) is 44.2 Å². The number of amides is 2. The van der Waals surface area contributed by atoms with Crippen LogP contribution in [0.15, 0.2) is 29.8 Å². The van der Waals surface area contributed by atoms with E-state index in [9.17, 15) is 14.4 Å². The number of hydrogen-bond donors (Lipinski definition) is 1. The average molecular weight is 400 g/mol. The van der Waals surface area contributed by atoms with E-state index in [4.69, 9.17) is 4.74 Å². The van der Waals surface area contributed by atoms with Crippen LogP contribution in [0.2, 0.25) is 0 Å². The highest BCUT2D eigenvalue weighted by Gasteiger charge is 2.44. The molecule has 1 aromatic heterocycles. The van der Waals surface area contributed by atoms with E-state index in [1.54, 1.807) is 24.0 Å². The van der Waals surface area contributed by atoms with Crippen molar-refractivity contribution < 1.29 is 19.1 Å². The van der Waals surface area contributed by atoms with Gasteiger partial charge in [0.05, 0.1) is 12.0 Å². The number of ketones is 1. The molecule has 0 unspecified atom stereocenters. The van der Waals surface area contributed by atoms with E-state index in [1.807, 2.05) is 12.1 Å². The summed E-state index contributed by atoms with van der Waals surface area (Å²) in [5.74, 6) is 0.172. The summed E-state index contributed by atoms with van der Waals surface area (Å²) in [6.07, 6.45) is 1.42. The van der Waals surface area contributed by atoms with E-state index >= 15 is 0 Å². The zero-order valence-corrected chi connectivity index (χ0v) is 16.2. The maximum atomic E-state index is 12.7. The van der Waals surface area contributed by atoms with Crippen LogP contribution in [0, 0.1) is 0 Å². The molecule has 0 saturated carbocycles. The molecule has 2 amide bonds. The molecule has 1 aromatic carbocycles. The zero-order chi connectivity index (χ0) is 19.7. The minimum atomic E-state index is -0.703. The van der Waals surface area contributed by atoms with Crippen molar-refractivity contribution in [2.24, 2.45) is 0 Å². The summed E-state index contributed by atoms with van der Waals surface area (Å²) in [5, 5.41) is 10.6. The van der Waals surface area contributed by atoms with E-state index in [0.29, 0.717) is 35.8 Å². The molecule has 0 radical (unpaired) electrons. The Hall–Kier alpha value is -2.81. The molecule has 2 aliphatic rings. The molecule has 2 atom stereocenters. The zero-order valence-electron chi connectivity index (χ0n) is 15.4. The fourth-order valence-electron chi connectivity index (χ4n) is 3.76. The second-order valence-electron chi connectivity index (χ2n) is 7.13. The molecule has 3 heterocycles. The number of nitrogens with zero attached hydrogens (tertiary/aromatic N) is 3. The second-order valence-corrected chi connectivity index (χ2v) is 7.96. The molecule has 2 aliphatic heterocycles. The van der Waals surface area contributed by atoms with Crippen molar-refractivity contribution in [3.8, 4) is 5.75 Å². The van der Waals surface area contributed by atoms with Crippen molar-refractivity contribution in [3.63, 3.8) is 0 Å². The van der Waals surface area contributed by atoms with Crippen LogP contribution >= 0.6 is 11.3 Å². The largest absolute Gasteiger partial charge is 0.486 e. The number of likely N-dealkylation sites (tertiary alicyclic amines) is 1. The van der Waals surface area contributed by atoms with E-state index in [0.717, 1.165) is 0 Å². The third kappa shape index (κ3) is 3.49. The van der Waals surface area contributed by atoms with Gasteiger partial charge in [-0.05, 0) is 25.5 Å². The molecule has 1 fully saturated rings. The lowest BCUT2D eigenvalue weighted by molar-refractivity contribution is -0.137.